The van der Waals surface area contributed by atoms with Gasteiger partial charge in [0.05, 0.1) is 24.2 Å². The maximum atomic E-state index is 13.0. The van der Waals surface area contributed by atoms with E-state index in [-0.39, 0.29) is 5.91 Å². The number of amides is 1. The number of anilines is 1. The lowest BCUT2D eigenvalue weighted by atomic mass is 10.1. The van der Waals surface area contributed by atoms with Crippen LogP contribution in [-0.2, 0) is 11.3 Å². The Kier molecular flexibility index (Phi) is 5.60. The van der Waals surface area contributed by atoms with Gasteiger partial charge in [0.2, 0.25) is 0 Å². The zero-order valence-electron chi connectivity index (χ0n) is 18.1. The van der Waals surface area contributed by atoms with Crippen LogP contribution in [0.1, 0.15) is 15.9 Å². The van der Waals surface area contributed by atoms with E-state index in [2.05, 4.69) is 34.1 Å². The highest BCUT2D eigenvalue weighted by molar-refractivity contribution is 5.94. The van der Waals surface area contributed by atoms with Gasteiger partial charge in [-0.1, -0.05) is 24.3 Å². The SMILES string of the molecule is CN(Cc1ccc(N2CCOCC2)cc1)C(=O)c1ccc(-n2cnc3ccccc32)cc1. The number of carbonyl (C=O) groups excluding carboxylic acids is 1. The first kappa shape index (κ1) is 20.3. The molecular weight excluding hydrogens is 400 g/mol. The Morgan fingerprint density at radius 2 is 1.62 bits per heavy atom. The number of imidazole rings is 1. The first-order chi connectivity index (χ1) is 15.7. The molecule has 0 N–H and O–H groups in total. The fraction of sp³-hybridized carbons (Fsp3) is 0.231. The molecule has 1 aromatic heterocycles. The summed E-state index contributed by atoms with van der Waals surface area (Å²) in [5, 5.41) is 0. The maximum absolute atomic E-state index is 13.0. The molecule has 0 unspecified atom stereocenters. The molecule has 5 rings (SSSR count). The van der Waals surface area contributed by atoms with Crippen LogP contribution in [0.4, 0.5) is 5.69 Å². The Morgan fingerprint density at radius 3 is 2.38 bits per heavy atom. The van der Waals surface area contributed by atoms with Crippen LogP contribution in [0.25, 0.3) is 16.7 Å². The van der Waals surface area contributed by atoms with Crippen LogP contribution < -0.4 is 4.90 Å². The van der Waals surface area contributed by atoms with Gasteiger partial charge in [-0.3, -0.25) is 9.36 Å². The van der Waals surface area contributed by atoms with E-state index in [9.17, 15) is 4.79 Å². The zero-order valence-corrected chi connectivity index (χ0v) is 18.1. The summed E-state index contributed by atoms with van der Waals surface area (Å²) in [6.45, 7) is 3.95. The van der Waals surface area contributed by atoms with E-state index >= 15 is 0 Å². The Balaban J connectivity index is 1.25. The van der Waals surface area contributed by atoms with Gasteiger partial charge in [-0.15, -0.1) is 0 Å². The number of carbonyl (C=O) groups is 1. The lowest BCUT2D eigenvalue weighted by Gasteiger charge is -2.29. The molecule has 0 aliphatic carbocycles. The molecule has 1 fully saturated rings. The van der Waals surface area contributed by atoms with Crippen LogP contribution >= 0.6 is 0 Å². The Labute approximate surface area is 187 Å². The molecule has 1 aliphatic rings. The number of ether oxygens (including phenoxy) is 1. The minimum Gasteiger partial charge on any atom is -0.378 e. The highest BCUT2D eigenvalue weighted by atomic mass is 16.5. The molecule has 0 spiro atoms. The third kappa shape index (κ3) is 4.09. The lowest BCUT2D eigenvalue weighted by Crippen LogP contribution is -2.36. The summed E-state index contributed by atoms with van der Waals surface area (Å²) in [6, 6.07) is 24.2. The molecule has 32 heavy (non-hydrogen) atoms. The summed E-state index contributed by atoms with van der Waals surface area (Å²) >= 11 is 0. The molecule has 4 aromatic rings. The van der Waals surface area contributed by atoms with Gasteiger partial charge in [-0.2, -0.15) is 0 Å². The normalized spacial score (nSPS) is 14.0. The number of benzene rings is 3. The summed E-state index contributed by atoms with van der Waals surface area (Å²) in [7, 11) is 1.84. The molecule has 1 amide bonds. The van der Waals surface area contributed by atoms with Crippen LogP contribution in [0.5, 0.6) is 0 Å². The molecule has 6 heteroatoms. The summed E-state index contributed by atoms with van der Waals surface area (Å²) < 4.78 is 7.45. The predicted octanol–water partition coefficient (Wildman–Crippen LogP) is 4.13. The van der Waals surface area contributed by atoms with E-state index < -0.39 is 0 Å². The van der Waals surface area contributed by atoms with E-state index in [1.165, 1.54) is 5.69 Å². The van der Waals surface area contributed by atoms with Crippen molar-refractivity contribution < 1.29 is 9.53 Å². The second-order valence-corrected chi connectivity index (χ2v) is 8.08. The van der Waals surface area contributed by atoms with Gasteiger partial charge < -0.3 is 14.5 Å². The minimum absolute atomic E-state index is 0.00398. The van der Waals surface area contributed by atoms with Crippen LogP contribution in [0.15, 0.2) is 79.1 Å². The number of rotatable bonds is 5. The third-order valence-electron chi connectivity index (χ3n) is 5.92. The van der Waals surface area contributed by atoms with Gasteiger partial charge >= 0.3 is 0 Å². The van der Waals surface area contributed by atoms with Crippen molar-refractivity contribution in [1.29, 1.82) is 0 Å². The number of morpholine rings is 1. The second-order valence-electron chi connectivity index (χ2n) is 8.08. The number of aromatic nitrogens is 2. The average molecular weight is 427 g/mol. The molecule has 6 nitrogen and oxygen atoms in total. The minimum atomic E-state index is 0.00398. The van der Waals surface area contributed by atoms with Crippen LogP contribution in [0.2, 0.25) is 0 Å². The Hall–Kier alpha value is -3.64. The first-order valence-electron chi connectivity index (χ1n) is 10.9. The first-order valence-corrected chi connectivity index (χ1v) is 10.9. The number of para-hydroxylation sites is 2. The molecule has 0 bridgehead atoms. The smallest absolute Gasteiger partial charge is 0.253 e. The zero-order chi connectivity index (χ0) is 21.9. The van der Waals surface area contributed by atoms with Crippen molar-refractivity contribution in [2.75, 3.05) is 38.3 Å². The highest BCUT2D eigenvalue weighted by Crippen LogP contribution is 2.20. The number of fused-ring (bicyclic) bond motifs is 1. The third-order valence-corrected chi connectivity index (χ3v) is 5.92. The molecular formula is C26H26N4O2. The monoisotopic (exact) mass is 426 g/mol. The topological polar surface area (TPSA) is 50.6 Å². The van der Waals surface area contributed by atoms with Gasteiger partial charge in [0.1, 0.15) is 6.33 Å². The molecule has 1 aliphatic heterocycles. The molecule has 0 atom stereocenters. The van der Waals surface area contributed by atoms with Crippen molar-refractivity contribution >= 4 is 22.6 Å². The standard InChI is InChI=1S/C26H26N4O2/c1-28(18-20-6-10-22(11-7-20)29-14-16-32-17-15-29)26(31)21-8-12-23(13-9-21)30-19-27-24-4-2-3-5-25(24)30/h2-13,19H,14-18H2,1H3. The molecule has 0 saturated carbocycles. The fourth-order valence-corrected chi connectivity index (χ4v) is 4.13. The van der Waals surface area contributed by atoms with Gasteiger partial charge in [0, 0.05) is 43.6 Å². The summed E-state index contributed by atoms with van der Waals surface area (Å²) in [4.78, 5) is 21.5. The highest BCUT2D eigenvalue weighted by Gasteiger charge is 2.14. The predicted molar refractivity (Wildman–Crippen MR) is 126 cm³/mol. The fourth-order valence-electron chi connectivity index (χ4n) is 4.13. The Bertz CT molecular complexity index is 1210. The molecule has 3 aromatic carbocycles. The lowest BCUT2D eigenvalue weighted by molar-refractivity contribution is 0.0785. The van der Waals surface area contributed by atoms with Crippen molar-refractivity contribution in [1.82, 2.24) is 14.5 Å². The molecule has 0 radical (unpaired) electrons. The van der Waals surface area contributed by atoms with E-state index in [0.717, 1.165) is 48.6 Å². The van der Waals surface area contributed by atoms with Crippen molar-refractivity contribution in [2.24, 2.45) is 0 Å². The van der Waals surface area contributed by atoms with Crippen molar-refractivity contribution in [2.45, 2.75) is 6.54 Å². The van der Waals surface area contributed by atoms with Gasteiger partial charge in [-0.05, 0) is 54.1 Å². The molecule has 162 valence electrons. The number of hydrogen-bond acceptors (Lipinski definition) is 4. The second kappa shape index (κ2) is 8.85. The van der Waals surface area contributed by atoms with Crippen LogP contribution in [0.3, 0.4) is 0 Å². The Morgan fingerprint density at radius 1 is 0.938 bits per heavy atom. The average Bonchev–Trinajstić information content (AvgIpc) is 3.29. The number of hydrogen-bond donors (Lipinski definition) is 0. The largest absolute Gasteiger partial charge is 0.378 e. The quantitative estimate of drug-likeness (QED) is 0.481. The summed E-state index contributed by atoms with van der Waals surface area (Å²) in [6.07, 6.45) is 1.81. The van der Waals surface area contributed by atoms with Crippen LogP contribution in [-0.4, -0.2) is 53.7 Å². The summed E-state index contributed by atoms with van der Waals surface area (Å²) in [5.41, 5.74) is 5.96. The van der Waals surface area contributed by atoms with E-state index in [1.54, 1.807) is 4.90 Å². The number of nitrogens with zero attached hydrogens (tertiary/aromatic N) is 4. The van der Waals surface area contributed by atoms with Crippen molar-refractivity contribution in [3.8, 4) is 5.69 Å². The maximum Gasteiger partial charge on any atom is 0.253 e. The van der Waals surface area contributed by atoms with E-state index in [0.29, 0.717) is 12.1 Å². The van der Waals surface area contributed by atoms with Crippen molar-refractivity contribution in [3.63, 3.8) is 0 Å². The van der Waals surface area contributed by atoms with Gasteiger partial charge in [0.25, 0.3) is 5.91 Å². The summed E-state index contributed by atoms with van der Waals surface area (Å²) in [5.74, 6) is 0.00398. The molecule has 1 saturated heterocycles. The molecule has 2 heterocycles. The van der Waals surface area contributed by atoms with E-state index in [1.807, 2.05) is 66.5 Å². The van der Waals surface area contributed by atoms with Gasteiger partial charge in [-0.25, -0.2) is 4.98 Å². The van der Waals surface area contributed by atoms with Crippen LogP contribution in [0, 0.1) is 0 Å². The van der Waals surface area contributed by atoms with Crippen molar-refractivity contribution in [3.05, 3.63) is 90.3 Å². The van der Waals surface area contributed by atoms with Gasteiger partial charge in [0.15, 0.2) is 0 Å². The van der Waals surface area contributed by atoms with E-state index in [4.69, 9.17) is 4.74 Å².